The van der Waals surface area contributed by atoms with E-state index in [1.54, 1.807) is 57.3 Å². The fraction of sp³-hybridized carbons (Fsp3) is 0.242. The van der Waals surface area contributed by atoms with E-state index in [2.05, 4.69) is 21.5 Å². The topological polar surface area (TPSA) is 144 Å². The summed E-state index contributed by atoms with van der Waals surface area (Å²) in [6.07, 6.45) is 5.81. The van der Waals surface area contributed by atoms with Crippen molar-refractivity contribution in [2.24, 2.45) is 0 Å². The van der Waals surface area contributed by atoms with Crippen molar-refractivity contribution in [1.82, 2.24) is 30.1 Å². The molecular weight excluding hydrogens is 675 g/mol. The predicted molar refractivity (Wildman–Crippen MR) is 185 cm³/mol. The van der Waals surface area contributed by atoms with E-state index >= 15 is 0 Å². The number of rotatable bonds is 10. The highest BCUT2D eigenvalue weighted by Crippen LogP contribution is 2.32. The third-order valence-corrected chi connectivity index (χ3v) is 9.86. The monoisotopic (exact) mass is 704 g/mol. The Morgan fingerprint density at radius 3 is 2.62 bits per heavy atom. The van der Waals surface area contributed by atoms with Gasteiger partial charge in [0.1, 0.15) is 12.2 Å². The van der Waals surface area contributed by atoms with Crippen LogP contribution in [0.4, 0.5) is 15.6 Å². The predicted octanol–water partition coefficient (Wildman–Crippen LogP) is 3.94. The van der Waals surface area contributed by atoms with Crippen molar-refractivity contribution in [3.05, 3.63) is 87.4 Å². The lowest BCUT2D eigenvalue weighted by Gasteiger charge is -2.46. The standard InChI is InChI=1S/C33H30Cl2N8O4S/c1-2-12-41(33(47)37-15-21-8-11-24(34)25(35)13-21)42-18-29(45)43-26(14-20-6-9-23(10-7-20)38-19-44)31(46)40(17-28(42)43)16-22-4-3-5-27-30(22)39-32(36)48-27/h1,3-11,13,19,26,28H,12,14-18H2,(H2,36,39)(H,37,47)(H,38,44)/t26-,28+/m0/s1. The summed E-state index contributed by atoms with van der Waals surface area (Å²) in [5, 5.41) is 9.57. The minimum absolute atomic E-state index is 0.112. The molecule has 15 heteroatoms. The fourth-order valence-electron chi connectivity index (χ4n) is 6.06. The van der Waals surface area contributed by atoms with E-state index in [0.29, 0.717) is 32.8 Å². The van der Waals surface area contributed by atoms with Gasteiger partial charge in [0.2, 0.25) is 18.2 Å². The highest BCUT2D eigenvalue weighted by molar-refractivity contribution is 7.22. The number of nitrogens with one attached hydrogen (secondary N) is 2. The number of amides is 5. The molecule has 4 N–H and O–H groups in total. The van der Waals surface area contributed by atoms with Crippen LogP contribution in [0.2, 0.25) is 10.0 Å². The first-order chi connectivity index (χ1) is 23.2. The quantitative estimate of drug-likeness (QED) is 0.168. The second-order valence-corrected chi connectivity index (χ2v) is 13.1. The van der Waals surface area contributed by atoms with Gasteiger partial charge in [0.05, 0.1) is 39.9 Å². The lowest BCUT2D eigenvalue weighted by Crippen LogP contribution is -2.66. The lowest BCUT2D eigenvalue weighted by molar-refractivity contribution is -0.157. The number of piperazine rings is 1. The molecule has 2 aliphatic heterocycles. The van der Waals surface area contributed by atoms with Gasteiger partial charge in [-0.3, -0.25) is 14.4 Å². The first kappa shape index (κ1) is 33.0. The largest absolute Gasteiger partial charge is 0.375 e. The van der Waals surface area contributed by atoms with Crippen LogP contribution >= 0.6 is 34.5 Å². The Morgan fingerprint density at radius 2 is 1.90 bits per heavy atom. The van der Waals surface area contributed by atoms with Crippen LogP contribution < -0.4 is 16.4 Å². The molecule has 1 aromatic heterocycles. The van der Waals surface area contributed by atoms with Gasteiger partial charge in [-0.2, -0.15) is 5.01 Å². The Balaban J connectivity index is 1.31. The number of hydrazine groups is 1. The van der Waals surface area contributed by atoms with Crippen LogP contribution in [-0.2, 0) is 33.9 Å². The third-order valence-electron chi connectivity index (χ3n) is 8.27. The van der Waals surface area contributed by atoms with Crippen LogP contribution in [0.5, 0.6) is 0 Å². The molecule has 0 unspecified atom stereocenters. The van der Waals surface area contributed by atoms with Crippen LogP contribution in [0.25, 0.3) is 10.2 Å². The van der Waals surface area contributed by atoms with E-state index in [4.69, 9.17) is 35.4 Å². The molecule has 0 spiro atoms. The Bertz CT molecular complexity index is 1930. The third kappa shape index (κ3) is 6.74. The fourth-order valence-corrected chi connectivity index (χ4v) is 7.16. The maximum absolute atomic E-state index is 14.2. The van der Waals surface area contributed by atoms with Crippen LogP contribution in [0.15, 0.2) is 60.7 Å². The van der Waals surface area contributed by atoms with Crippen molar-refractivity contribution in [1.29, 1.82) is 0 Å². The van der Waals surface area contributed by atoms with Crippen LogP contribution in [0.1, 0.15) is 16.7 Å². The van der Waals surface area contributed by atoms with Crippen LogP contribution in [0, 0.1) is 12.3 Å². The van der Waals surface area contributed by atoms with Gasteiger partial charge >= 0.3 is 6.03 Å². The number of thiazole rings is 1. The molecule has 3 heterocycles. The molecule has 12 nitrogen and oxygen atoms in total. The minimum Gasteiger partial charge on any atom is -0.375 e. The Kier molecular flexibility index (Phi) is 9.70. The molecule has 0 saturated carbocycles. The van der Waals surface area contributed by atoms with Gasteiger partial charge in [0.25, 0.3) is 0 Å². The molecule has 4 aromatic rings. The number of carbonyl (C=O) groups is 4. The first-order valence-corrected chi connectivity index (χ1v) is 16.5. The average Bonchev–Trinajstić information content (AvgIpc) is 3.62. The van der Waals surface area contributed by atoms with Crippen LogP contribution in [0.3, 0.4) is 0 Å². The highest BCUT2D eigenvalue weighted by Gasteiger charge is 2.52. The minimum atomic E-state index is -0.877. The van der Waals surface area contributed by atoms with Gasteiger partial charge < -0.3 is 26.2 Å². The maximum Gasteiger partial charge on any atom is 0.333 e. The summed E-state index contributed by atoms with van der Waals surface area (Å²) in [4.78, 5) is 60.2. The molecule has 5 amide bonds. The van der Waals surface area contributed by atoms with Gasteiger partial charge in [-0.05, 0) is 47.0 Å². The summed E-state index contributed by atoms with van der Waals surface area (Å²) in [6.45, 7) is 0.177. The molecule has 0 radical (unpaired) electrons. The van der Waals surface area contributed by atoms with Crippen molar-refractivity contribution < 1.29 is 19.2 Å². The number of nitrogen functional groups attached to an aromatic ring is 1. The SMILES string of the molecule is C#CCN(C(=O)NCc1ccc(Cl)c(Cl)c1)N1CC(=O)N2[C@@H](Cc3ccc(NC=O)cc3)C(=O)N(Cc3cccc4sc(N)nc34)C[C@@H]21. The zero-order valence-electron chi connectivity index (χ0n) is 25.4. The van der Waals surface area contributed by atoms with Crippen molar-refractivity contribution in [3.63, 3.8) is 0 Å². The van der Waals surface area contributed by atoms with E-state index in [0.717, 1.165) is 21.4 Å². The molecule has 3 aromatic carbocycles. The smallest absolute Gasteiger partial charge is 0.333 e. The number of nitrogens with two attached hydrogens (primary N) is 1. The number of aromatic nitrogens is 1. The number of para-hydroxylation sites is 1. The summed E-state index contributed by atoms with van der Waals surface area (Å²) in [5.41, 5.74) is 9.62. The van der Waals surface area contributed by atoms with Crippen molar-refractivity contribution in [2.75, 3.05) is 30.7 Å². The summed E-state index contributed by atoms with van der Waals surface area (Å²) in [5.74, 6) is 1.96. The average molecular weight is 706 g/mol. The molecule has 2 aliphatic rings. The van der Waals surface area contributed by atoms with Gasteiger partial charge in [-0.25, -0.2) is 14.8 Å². The number of hydrogen-bond donors (Lipinski definition) is 3. The maximum atomic E-state index is 14.2. The summed E-state index contributed by atoms with van der Waals surface area (Å²) in [6, 6.07) is 16.4. The molecule has 2 saturated heterocycles. The number of benzene rings is 3. The normalized spacial score (nSPS) is 17.7. The first-order valence-electron chi connectivity index (χ1n) is 14.9. The number of fused-ring (bicyclic) bond motifs is 2. The number of terminal acetylenes is 1. The highest BCUT2D eigenvalue weighted by atomic mass is 35.5. The van der Waals surface area contributed by atoms with Gasteiger partial charge in [0, 0.05) is 25.2 Å². The lowest BCUT2D eigenvalue weighted by atomic mass is 9.99. The van der Waals surface area contributed by atoms with E-state index in [9.17, 15) is 19.2 Å². The van der Waals surface area contributed by atoms with Gasteiger partial charge in [-0.15, -0.1) is 6.42 Å². The number of hydrogen-bond acceptors (Lipinski definition) is 8. The molecule has 0 aliphatic carbocycles. The van der Waals surface area contributed by atoms with Crippen LogP contribution in [-0.4, -0.2) is 80.9 Å². The molecule has 0 bridgehead atoms. The summed E-state index contributed by atoms with van der Waals surface area (Å²) in [7, 11) is 0. The molecule has 6 rings (SSSR count). The Morgan fingerprint density at radius 1 is 1.12 bits per heavy atom. The number of halogens is 2. The number of urea groups is 1. The Labute approximate surface area is 290 Å². The van der Waals surface area contributed by atoms with Crippen molar-refractivity contribution >= 4 is 79.8 Å². The van der Waals surface area contributed by atoms with E-state index < -0.39 is 18.2 Å². The molecular formula is C33H30Cl2N8O4S. The summed E-state index contributed by atoms with van der Waals surface area (Å²) < 4.78 is 0.896. The second-order valence-electron chi connectivity index (χ2n) is 11.3. The van der Waals surface area contributed by atoms with Gasteiger partial charge in [0.15, 0.2) is 5.13 Å². The zero-order valence-corrected chi connectivity index (χ0v) is 27.8. The van der Waals surface area contributed by atoms with Crippen molar-refractivity contribution in [3.8, 4) is 12.3 Å². The Hall–Kier alpha value is -4.87. The molecule has 48 heavy (non-hydrogen) atoms. The van der Waals surface area contributed by atoms with E-state index in [-0.39, 0.29) is 51.0 Å². The van der Waals surface area contributed by atoms with E-state index in [1.165, 1.54) is 16.3 Å². The zero-order chi connectivity index (χ0) is 33.9. The second kappa shape index (κ2) is 14.1. The number of nitrogens with zero attached hydrogens (tertiary/aromatic N) is 5. The molecule has 2 fully saturated rings. The number of carbonyl (C=O) groups excluding carboxylic acids is 4. The number of anilines is 2. The van der Waals surface area contributed by atoms with Gasteiger partial charge in [-0.1, -0.05) is 70.8 Å². The summed E-state index contributed by atoms with van der Waals surface area (Å²) >= 11 is 13.6. The molecule has 246 valence electrons. The van der Waals surface area contributed by atoms with E-state index in [1.807, 2.05) is 18.2 Å². The molecule has 2 atom stereocenters. The van der Waals surface area contributed by atoms with Crippen molar-refractivity contribution in [2.45, 2.75) is 31.7 Å².